The van der Waals surface area contributed by atoms with E-state index in [9.17, 15) is 9.18 Å². The van der Waals surface area contributed by atoms with Crippen LogP contribution in [0.3, 0.4) is 0 Å². The van der Waals surface area contributed by atoms with Crippen LogP contribution in [0.15, 0.2) is 42.6 Å². The normalized spacial score (nSPS) is 11.2. The smallest absolute Gasteiger partial charge is 0.324 e. The summed E-state index contributed by atoms with van der Waals surface area (Å²) in [6, 6.07) is 8.78. The third-order valence-electron chi connectivity index (χ3n) is 3.92. The van der Waals surface area contributed by atoms with Gasteiger partial charge < -0.3 is 10.1 Å². The van der Waals surface area contributed by atoms with Crippen molar-refractivity contribution >= 4 is 17.5 Å². The molecule has 8 heteroatoms. The predicted octanol–water partition coefficient (Wildman–Crippen LogP) is 4.99. The van der Waals surface area contributed by atoms with Crippen molar-refractivity contribution in [3.05, 3.63) is 59.8 Å². The highest BCUT2D eigenvalue weighted by atomic mass is 19.1. The second-order valence-corrected chi connectivity index (χ2v) is 7.37. The summed E-state index contributed by atoms with van der Waals surface area (Å²) in [5.41, 5.74) is 1.57. The number of ether oxygens (including phenoxy) is 1. The number of rotatable bonds is 4. The summed E-state index contributed by atoms with van der Waals surface area (Å²) in [6.45, 7) is 7.91. The highest BCUT2D eigenvalue weighted by Gasteiger charge is 2.17. The van der Waals surface area contributed by atoms with Crippen LogP contribution in [0.25, 0.3) is 0 Å². The quantitative estimate of drug-likeness (QED) is 0.592. The van der Waals surface area contributed by atoms with Crippen LogP contribution < -0.4 is 15.4 Å². The van der Waals surface area contributed by atoms with Crippen LogP contribution in [0.4, 0.5) is 20.7 Å². The molecule has 0 unspecified atom stereocenters. The summed E-state index contributed by atoms with van der Waals surface area (Å²) >= 11 is 0. The van der Waals surface area contributed by atoms with E-state index in [-0.39, 0.29) is 11.1 Å². The van der Waals surface area contributed by atoms with Gasteiger partial charge in [0.15, 0.2) is 5.82 Å². The van der Waals surface area contributed by atoms with Gasteiger partial charge in [-0.2, -0.15) is 5.10 Å². The van der Waals surface area contributed by atoms with Crippen LogP contribution in [0.5, 0.6) is 11.5 Å². The van der Waals surface area contributed by atoms with Gasteiger partial charge in [0.05, 0.1) is 5.69 Å². The molecule has 146 valence electrons. The molecule has 2 amide bonds. The summed E-state index contributed by atoms with van der Waals surface area (Å²) in [4.78, 5) is 16.2. The minimum absolute atomic E-state index is 0.0299. The SMILES string of the molecule is Cc1cc(Oc2ccc(NC(=O)Nc3cc(C(C)(C)C)[nH]n3)c(F)c2)ccn1. The maximum Gasteiger partial charge on any atom is 0.324 e. The van der Waals surface area contributed by atoms with E-state index in [1.165, 1.54) is 12.1 Å². The van der Waals surface area contributed by atoms with Gasteiger partial charge in [-0.3, -0.25) is 15.4 Å². The molecule has 3 aromatic rings. The Morgan fingerprint density at radius 2 is 1.86 bits per heavy atom. The first-order valence-corrected chi connectivity index (χ1v) is 8.75. The van der Waals surface area contributed by atoms with Crippen molar-refractivity contribution in [2.45, 2.75) is 33.1 Å². The van der Waals surface area contributed by atoms with Crippen molar-refractivity contribution in [1.29, 1.82) is 0 Å². The lowest BCUT2D eigenvalue weighted by molar-refractivity contribution is 0.262. The van der Waals surface area contributed by atoms with Gasteiger partial charge in [0.2, 0.25) is 0 Å². The minimum Gasteiger partial charge on any atom is -0.457 e. The number of carbonyl (C=O) groups is 1. The number of aromatic nitrogens is 3. The molecule has 0 aliphatic carbocycles. The van der Waals surface area contributed by atoms with Crippen molar-refractivity contribution < 1.29 is 13.9 Å². The van der Waals surface area contributed by atoms with Gasteiger partial charge >= 0.3 is 6.03 Å². The van der Waals surface area contributed by atoms with Crippen LogP contribution in [0, 0.1) is 12.7 Å². The van der Waals surface area contributed by atoms with Crippen molar-refractivity contribution in [3.63, 3.8) is 0 Å². The molecule has 3 rings (SSSR count). The lowest BCUT2D eigenvalue weighted by Crippen LogP contribution is -2.20. The maximum absolute atomic E-state index is 14.3. The Labute approximate surface area is 162 Å². The largest absolute Gasteiger partial charge is 0.457 e. The van der Waals surface area contributed by atoms with Crippen LogP contribution in [0.2, 0.25) is 0 Å². The fraction of sp³-hybridized carbons (Fsp3) is 0.250. The van der Waals surface area contributed by atoms with E-state index in [2.05, 4.69) is 25.8 Å². The van der Waals surface area contributed by atoms with E-state index in [4.69, 9.17) is 4.74 Å². The first-order valence-electron chi connectivity index (χ1n) is 8.75. The first-order chi connectivity index (χ1) is 13.2. The van der Waals surface area contributed by atoms with E-state index < -0.39 is 11.8 Å². The van der Waals surface area contributed by atoms with Gasteiger partial charge in [-0.1, -0.05) is 20.8 Å². The van der Waals surface area contributed by atoms with E-state index in [0.717, 1.165) is 11.4 Å². The molecule has 3 N–H and O–H groups in total. The topological polar surface area (TPSA) is 91.9 Å². The van der Waals surface area contributed by atoms with Gasteiger partial charge in [-0.05, 0) is 25.1 Å². The number of anilines is 2. The number of H-pyrrole nitrogens is 1. The Morgan fingerprint density at radius 3 is 2.50 bits per heavy atom. The fourth-order valence-corrected chi connectivity index (χ4v) is 2.42. The molecule has 0 bridgehead atoms. The molecule has 0 fully saturated rings. The molecule has 0 aliphatic heterocycles. The first kappa shape index (κ1) is 19.3. The number of nitrogens with one attached hydrogen (secondary N) is 3. The lowest BCUT2D eigenvalue weighted by atomic mass is 9.92. The highest BCUT2D eigenvalue weighted by Crippen LogP contribution is 2.26. The van der Waals surface area contributed by atoms with Gasteiger partial charge in [0.25, 0.3) is 0 Å². The molecule has 2 aromatic heterocycles. The third-order valence-corrected chi connectivity index (χ3v) is 3.92. The predicted molar refractivity (Wildman–Crippen MR) is 105 cm³/mol. The number of carbonyl (C=O) groups excluding carboxylic acids is 1. The Hall–Kier alpha value is -3.42. The van der Waals surface area contributed by atoms with Gasteiger partial charge in [-0.25, -0.2) is 9.18 Å². The molecule has 28 heavy (non-hydrogen) atoms. The molecule has 0 aliphatic rings. The zero-order valence-corrected chi connectivity index (χ0v) is 16.1. The third kappa shape index (κ3) is 4.85. The van der Waals surface area contributed by atoms with Crippen molar-refractivity contribution in [1.82, 2.24) is 15.2 Å². The number of pyridine rings is 1. The molecule has 1 aromatic carbocycles. The van der Waals surface area contributed by atoms with Gasteiger partial charge in [0, 0.05) is 41.2 Å². The monoisotopic (exact) mass is 383 g/mol. The molecule has 0 saturated carbocycles. The number of benzene rings is 1. The number of hydrogen-bond acceptors (Lipinski definition) is 4. The number of halogens is 1. The summed E-state index contributed by atoms with van der Waals surface area (Å²) in [5.74, 6) is 0.612. The zero-order valence-electron chi connectivity index (χ0n) is 16.1. The van der Waals surface area contributed by atoms with E-state index >= 15 is 0 Å². The van der Waals surface area contributed by atoms with Crippen LogP contribution in [0.1, 0.15) is 32.2 Å². The lowest BCUT2D eigenvalue weighted by Gasteiger charge is -2.14. The number of urea groups is 1. The van der Waals surface area contributed by atoms with Crippen LogP contribution in [-0.2, 0) is 5.41 Å². The molecule has 0 spiro atoms. The number of aryl methyl sites for hydroxylation is 1. The Balaban J connectivity index is 1.64. The average Bonchev–Trinajstić information content (AvgIpc) is 3.06. The van der Waals surface area contributed by atoms with Crippen LogP contribution >= 0.6 is 0 Å². The van der Waals surface area contributed by atoms with Crippen molar-refractivity contribution in [3.8, 4) is 11.5 Å². The fourth-order valence-electron chi connectivity index (χ4n) is 2.42. The summed E-state index contributed by atoms with van der Waals surface area (Å²) < 4.78 is 19.9. The number of hydrogen-bond donors (Lipinski definition) is 3. The molecule has 0 saturated heterocycles. The second kappa shape index (κ2) is 7.67. The number of amides is 2. The number of aromatic amines is 1. The van der Waals surface area contributed by atoms with Crippen molar-refractivity contribution in [2.24, 2.45) is 0 Å². The number of nitrogens with zero attached hydrogens (tertiary/aromatic N) is 2. The molecule has 7 nitrogen and oxygen atoms in total. The summed E-state index contributed by atoms with van der Waals surface area (Å²) in [6.07, 6.45) is 1.61. The Morgan fingerprint density at radius 1 is 1.11 bits per heavy atom. The zero-order chi connectivity index (χ0) is 20.3. The van der Waals surface area contributed by atoms with E-state index in [0.29, 0.717) is 17.3 Å². The van der Waals surface area contributed by atoms with E-state index in [1.807, 2.05) is 27.7 Å². The Bertz CT molecular complexity index is 994. The maximum atomic E-state index is 14.3. The van der Waals surface area contributed by atoms with Gasteiger partial charge in [-0.15, -0.1) is 0 Å². The molecular formula is C20H22FN5O2. The minimum atomic E-state index is -0.615. The van der Waals surface area contributed by atoms with Gasteiger partial charge in [0.1, 0.15) is 17.3 Å². The Kier molecular flexibility index (Phi) is 5.30. The average molecular weight is 383 g/mol. The second-order valence-electron chi connectivity index (χ2n) is 7.37. The standard InChI is InChI=1S/C20H22FN5O2/c1-12-9-14(7-8-22-12)28-13-5-6-16(15(21)10-13)23-19(27)24-18-11-17(25-26-18)20(2,3)4/h5-11H,1-4H3,(H3,23,24,25,26,27). The molecule has 2 heterocycles. The summed E-state index contributed by atoms with van der Waals surface area (Å²) in [5, 5.41) is 11.9. The van der Waals surface area contributed by atoms with E-state index in [1.54, 1.807) is 30.5 Å². The van der Waals surface area contributed by atoms with Crippen molar-refractivity contribution in [2.75, 3.05) is 10.6 Å². The summed E-state index contributed by atoms with van der Waals surface area (Å²) in [7, 11) is 0. The molecule has 0 atom stereocenters. The van der Waals surface area contributed by atoms with Crippen LogP contribution in [-0.4, -0.2) is 21.2 Å². The molecule has 0 radical (unpaired) electrons. The highest BCUT2D eigenvalue weighted by molar-refractivity contribution is 5.99. The molecular weight excluding hydrogens is 361 g/mol.